The van der Waals surface area contributed by atoms with Crippen molar-refractivity contribution in [3.05, 3.63) is 88.4 Å². The zero-order valence-electron chi connectivity index (χ0n) is 16.1. The van der Waals surface area contributed by atoms with E-state index < -0.39 is 0 Å². The summed E-state index contributed by atoms with van der Waals surface area (Å²) in [6.45, 7) is 10.5. The lowest BCUT2D eigenvalue weighted by Gasteiger charge is -2.19. The highest BCUT2D eigenvalue weighted by atomic mass is 35.5. The summed E-state index contributed by atoms with van der Waals surface area (Å²) in [5.74, 6) is 0.390. The topological polar surface area (TPSA) is 28.7 Å². The Morgan fingerprint density at radius 3 is 2.74 bits per heavy atom. The smallest absolute Gasteiger partial charge is 0.104 e. The molecule has 0 fully saturated rings. The van der Waals surface area contributed by atoms with Gasteiger partial charge in [-0.3, -0.25) is 0 Å². The molecule has 0 radical (unpaired) electrons. The molecule has 0 aliphatic rings. The Labute approximate surface area is 171 Å². The number of halogens is 1. The number of aromatic nitrogens is 2. The van der Waals surface area contributed by atoms with Crippen LogP contribution in [0, 0.1) is 6.92 Å². The zero-order chi connectivity index (χ0) is 19.4. The third-order valence-corrected chi connectivity index (χ3v) is 5.76. The summed E-state index contributed by atoms with van der Waals surface area (Å²) in [6, 6.07) is 8.32. The Balaban J connectivity index is 2.01. The maximum absolute atomic E-state index is 6.33. The molecule has 0 bridgehead atoms. The summed E-state index contributed by atoms with van der Waals surface area (Å²) in [4.78, 5) is 9.05. The van der Waals surface area contributed by atoms with Gasteiger partial charge in [0.25, 0.3) is 0 Å². The van der Waals surface area contributed by atoms with Gasteiger partial charge < -0.3 is 4.98 Å². The Hall–Kier alpha value is -1.97. The maximum Gasteiger partial charge on any atom is 0.104 e. The molecule has 0 aliphatic heterocycles. The first-order chi connectivity index (χ1) is 13.0. The van der Waals surface area contributed by atoms with Gasteiger partial charge in [-0.2, -0.15) is 0 Å². The van der Waals surface area contributed by atoms with Crippen LogP contribution >= 0.6 is 23.4 Å². The van der Waals surface area contributed by atoms with Crippen molar-refractivity contribution in [3.8, 4) is 0 Å². The van der Waals surface area contributed by atoms with Gasteiger partial charge in [-0.05, 0) is 77.8 Å². The van der Waals surface area contributed by atoms with E-state index in [1.807, 2.05) is 30.6 Å². The second-order valence-electron chi connectivity index (χ2n) is 7.08. The van der Waals surface area contributed by atoms with Gasteiger partial charge in [0.05, 0.1) is 0 Å². The van der Waals surface area contributed by atoms with Crippen LogP contribution in [0.25, 0.3) is 0 Å². The van der Waals surface area contributed by atoms with Gasteiger partial charge >= 0.3 is 0 Å². The fourth-order valence-electron chi connectivity index (χ4n) is 3.30. The molecule has 0 atom stereocenters. The van der Waals surface area contributed by atoms with Crippen molar-refractivity contribution in [3.63, 3.8) is 0 Å². The van der Waals surface area contributed by atoms with Crippen molar-refractivity contribution in [2.24, 2.45) is 0 Å². The van der Waals surface area contributed by atoms with Gasteiger partial charge in [0, 0.05) is 28.5 Å². The number of aryl methyl sites for hydroxylation is 1. The van der Waals surface area contributed by atoms with E-state index in [9.17, 15) is 0 Å². The maximum atomic E-state index is 6.33. The number of hydrogen-bond acceptors (Lipinski definition) is 2. The molecule has 0 spiro atoms. The van der Waals surface area contributed by atoms with Crippen LogP contribution in [0.2, 0.25) is 5.02 Å². The van der Waals surface area contributed by atoms with Crippen LogP contribution in [0.3, 0.4) is 0 Å². The third kappa shape index (κ3) is 4.85. The predicted molar refractivity (Wildman–Crippen MR) is 116 cm³/mol. The lowest BCUT2D eigenvalue weighted by molar-refractivity contribution is 0.794. The van der Waals surface area contributed by atoms with E-state index in [0.717, 1.165) is 27.8 Å². The first-order valence-corrected chi connectivity index (χ1v) is 10.4. The molecule has 1 N–H and O–H groups in total. The molecule has 27 heavy (non-hydrogen) atoms. The van der Waals surface area contributed by atoms with Crippen molar-refractivity contribution in [1.29, 1.82) is 0 Å². The summed E-state index contributed by atoms with van der Waals surface area (Å²) >= 11 is 8.03. The number of H-pyrrole nitrogens is 1. The van der Waals surface area contributed by atoms with Gasteiger partial charge in [0.15, 0.2) is 0 Å². The van der Waals surface area contributed by atoms with Crippen molar-refractivity contribution in [1.82, 2.24) is 9.97 Å². The molecule has 2 heterocycles. The number of aromatic amines is 1. The van der Waals surface area contributed by atoms with E-state index in [2.05, 4.69) is 50.7 Å². The van der Waals surface area contributed by atoms with Crippen molar-refractivity contribution in [2.75, 3.05) is 0 Å². The monoisotopic (exact) mass is 396 g/mol. The average molecular weight is 397 g/mol. The lowest BCUT2D eigenvalue weighted by Crippen LogP contribution is -2.05. The molecule has 140 valence electrons. The second kappa shape index (κ2) is 8.81. The number of hydrogen-bond donors (Lipinski definition) is 1. The minimum Gasteiger partial charge on any atom is -0.367 e. The molecule has 2 nitrogen and oxygen atoms in total. The Morgan fingerprint density at radius 1 is 1.26 bits per heavy atom. The zero-order valence-corrected chi connectivity index (χ0v) is 17.6. The van der Waals surface area contributed by atoms with Crippen LogP contribution in [0.15, 0.2) is 65.4 Å². The number of benzene rings is 1. The van der Waals surface area contributed by atoms with Gasteiger partial charge in [-0.15, -0.1) is 6.58 Å². The first-order valence-electron chi connectivity index (χ1n) is 9.16. The number of nitrogens with zero attached hydrogens (tertiary/aromatic N) is 1. The van der Waals surface area contributed by atoms with Gasteiger partial charge in [-0.1, -0.05) is 43.3 Å². The van der Waals surface area contributed by atoms with E-state index >= 15 is 0 Å². The molecule has 0 unspecified atom stereocenters. The highest BCUT2D eigenvalue weighted by Crippen LogP contribution is 2.37. The molecule has 0 aliphatic carbocycles. The van der Waals surface area contributed by atoms with E-state index in [0.29, 0.717) is 5.92 Å². The minimum absolute atomic E-state index is 0.390. The largest absolute Gasteiger partial charge is 0.367 e. The molecule has 3 rings (SSSR count). The summed E-state index contributed by atoms with van der Waals surface area (Å²) < 4.78 is 0. The standard InChI is InChI=1S/C23H25ClN2S/c1-5-6-17-9-19(24)12-20(10-17)27-23-22(15(2)3)21(16(4)13-26-23)11-18-7-8-25-14-18/h5,7-10,12-15,25H,1,6,11H2,2-4H3. The third-order valence-electron chi connectivity index (χ3n) is 4.55. The predicted octanol–water partition coefficient (Wildman–Crippen LogP) is 6.97. The molecule has 0 saturated carbocycles. The molecular weight excluding hydrogens is 372 g/mol. The SMILES string of the molecule is C=CCc1cc(Cl)cc(Sc2ncc(C)c(Cc3cc[nH]c3)c2C(C)C)c1. The molecular formula is C23H25ClN2S. The summed E-state index contributed by atoms with van der Waals surface area (Å²) in [5.41, 5.74) is 6.40. The number of pyridine rings is 1. The first kappa shape index (κ1) is 19.8. The van der Waals surface area contributed by atoms with Crippen molar-refractivity contribution < 1.29 is 0 Å². The Morgan fingerprint density at radius 2 is 2.07 bits per heavy atom. The van der Waals surface area contributed by atoms with Gasteiger partial charge in [-0.25, -0.2) is 4.98 Å². The number of allylic oxidation sites excluding steroid dienone is 1. The second-order valence-corrected chi connectivity index (χ2v) is 8.58. The van der Waals surface area contributed by atoms with Crippen LogP contribution < -0.4 is 0 Å². The van der Waals surface area contributed by atoms with Gasteiger partial charge in [0.2, 0.25) is 0 Å². The van der Waals surface area contributed by atoms with Crippen LogP contribution in [0.5, 0.6) is 0 Å². The van der Waals surface area contributed by atoms with E-state index in [4.69, 9.17) is 16.6 Å². The van der Waals surface area contributed by atoms with E-state index in [-0.39, 0.29) is 0 Å². The fourth-order valence-corrected chi connectivity index (χ4v) is 4.82. The van der Waals surface area contributed by atoms with Crippen LogP contribution in [-0.2, 0) is 12.8 Å². The Kier molecular flexibility index (Phi) is 6.46. The number of nitrogens with one attached hydrogen (secondary N) is 1. The van der Waals surface area contributed by atoms with E-state index in [1.54, 1.807) is 11.8 Å². The average Bonchev–Trinajstić information content (AvgIpc) is 3.10. The summed E-state index contributed by atoms with van der Waals surface area (Å²) in [6.07, 6.45) is 9.66. The van der Waals surface area contributed by atoms with E-state index in [1.165, 1.54) is 27.8 Å². The highest BCUT2D eigenvalue weighted by molar-refractivity contribution is 7.99. The molecule has 4 heteroatoms. The molecule has 1 aromatic carbocycles. The highest BCUT2D eigenvalue weighted by Gasteiger charge is 2.18. The molecule has 2 aromatic heterocycles. The van der Waals surface area contributed by atoms with Gasteiger partial charge in [0.1, 0.15) is 5.03 Å². The fraction of sp³-hybridized carbons (Fsp3) is 0.261. The summed E-state index contributed by atoms with van der Waals surface area (Å²) in [7, 11) is 0. The van der Waals surface area contributed by atoms with Crippen molar-refractivity contribution in [2.45, 2.75) is 49.5 Å². The van der Waals surface area contributed by atoms with Crippen molar-refractivity contribution >= 4 is 23.4 Å². The Bertz CT molecular complexity index is 930. The van der Waals surface area contributed by atoms with Crippen LogP contribution in [-0.4, -0.2) is 9.97 Å². The summed E-state index contributed by atoms with van der Waals surface area (Å²) in [5, 5.41) is 1.82. The lowest BCUT2D eigenvalue weighted by atomic mass is 9.92. The normalized spacial score (nSPS) is 11.1. The molecule has 0 saturated heterocycles. The minimum atomic E-state index is 0.390. The van der Waals surface area contributed by atoms with Crippen LogP contribution in [0.4, 0.5) is 0 Å². The quantitative estimate of drug-likeness (QED) is 0.437. The molecule has 3 aromatic rings. The molecule has 0 amide bonds. The number of rotatable bonds is 7. The van der Waals surface area contributed by atoms with Crippen LogP contribution in [0.1, 0.15) is 47.6 Å².